The number of anilines is 1. The summed E-state index contributed by atoms with van der Waals surface area (Å²) in [5, 5.41) is 5.79. The minimum atomic E-state index is 0.213. The lowest BCUT2D eigenvalue weighted by atomic mass is 10.1. The quantitative estimate of drug-likeness (QED) is 0.783. The summed E-state index contributed by atoms with van der Waals surface area (Å²) in [7, 11) is 3.37. The predicted molar refractivity (Wildman–Crippen MR) is 77.7 cm³/mol. The van der Waals surface area contributed by atoms with E-state index in [-0.39, 0.29) is 5.95 Å². The van der Waals surface area contributed by atoms with Crippen LogP contribution in [0.1, 0.15) is 0 Å². The van der Waals surface area contributed by atoms with Gasteiger partial charge in [-0.15, -0.1) is 0 Å². The molecule has 0 aliphatic rings. The van der Waals surface area contributed by atoms with Crippen molar-refractivity contribution >= 4 is 28.6 Å². The number of nitrogens with zero attached hydrogens (tertiary/aromatic N) is 4. The molecule has 6 nitrogen and oxygen atoms in total. The lowest BCUT2D eigenvalue weighted by molar-refractivity contribution is 0.416. The summed E-state index contributed by atoms with van der Waals surface area (Å²) in [6.45, 7) is 0. The van der Waals surface area contributed by atoms with Gasteiger partial charge >= 0.3 is 0 Å². The smallest absolute Gasteiger partial charge is 0.222 e. The van der Waals surface area contributed by atoms with Crippen molar-refractivity contribution < 1.29 is 4.74 Å². The lowest BCUT2D eigenvalue weighted by Crippen LogP contribution is -1.97. The number of methoxy groups -OCH3 is 1. The first-order chi connectivity index (χ1) is 9.61. The Morgan fingerprint density at radius 1 is 1.35 bits per heavy atom. The number of halogens is 1. The van der Waals surface area contributed by atoms with Crippen molar-refractivity contribution in [3.05, 3.63) is 29.4 Å². The summed E-state index contributed by atoms with van der Waals surface area (Å²) in [4.78, 5) is 8.22. The van der Waals surface area contributed by atoms with E-state index in [1.165, 1.54) is 0 Å². The van der Waals surface area contributed by atoms with Crippen molar-refractivity contribution in [1.82, 2.24) is 19.7 Å². The summed E-state index contributed by atoms with van der Waals surface area (Å²) in [5.74, 6) is 0.788. The number of aromatic nitrogens is 4. The van der Waals surface area contributed by atoms with Crippen molar-refractivity contribution in [3.8, 4) is 17.0 Å². The molecule has 0 spiro atoms. The molecule has 0 aliphatic heterocycles. The maximum atomic E-state index is 6.15. The van der Waals surface area contributed by atoms with Crippen LogP contribution >= 0.6 is 11.6 Å². The number of ether oxygens (including phenoxy) is 1. The maximum Gasteiger partial charge on any atom is 0.222 e. The molecule has 0 unspecified atom stereocenters. The predicted octanol–water partition coefficient (Wildman–Crippen LogP) is 2.27. The van der Waals surface area contributed by atoms with Crippen LogP contribution in [0.25, 0.3) is 22.3 Å². The number of aryl methyl sites for hydroxylation is 1. The lowest BCUT2D eigenvalue weighted by Gasteiger charge is -2.08. The van der Waals surface area contributed by atoms with E-state index < -0.39 is 0 Å². The Kier molecular flexibility index (Phi) is 2.94. The summed E-state index contributed by atoms with van der Waals surface area (Å²) >= 11 is 6.15. The van der Waals surface area contributed by atoms with Gasteiger partial charge in [-0.25, -0.2) is 9.67 Å². The van der Waals surface area contributed by atoms with Gasteiger partial charge in [0.05, 0.1) is 17.5 Å². The van der Waals surface area contributed by atoms with Crippen molar-refractivity contribution in [1.29, 1.82) is 0 Å². The van der Waals surface area contributed by atoms with E-state index in [2.05, 4.69) is 15.1 Å². The summed E-state index contributed by atoms with van der Waals surface area (Å²) in [6, 6.07) is 5.51. The van der Waals surface area contributed by atoms with Gasteiger partial charge < -0.3 is 10.5 Å². The van der Waals surface area contributed by atoms with Crippen molar-refractivity contribution in [3.63, 3.8) is 0 Å². The largest absolute Gasteiger partial charge is 0.494 e. The molecule has 0 fully saturated rings. The molecule has 0 bridgehead atoms. The summed E-state index contributed by atoms with van der Waals surface area (Å²) in [5.41, 5.74) is 7.77. The SMILES string of the molecule is COc1c(Cl)cccc1-c1nn(C)c2nc(N)ncc12. The number of nitrogens with two attached hydrogens (primary N) is 1. The second-order valence-electron chi connectivity index (χ2n) is 4.26. The maximum absolute atomic E-state index is 6.15. The Bertz CT molecular complexity index is 799. The first-order valence-electron chi connectivity index (χ1n) is 5.90. The van der Waals surface area contributed by atoms with Crippen LogP contribution in [0.2, 0.25) is 5.02 Å². The Morgan fingerprint density at radius 2 is 2.15 bits per heavy atom. The van der Waals surface area contributed by atoms with Crippen molar-refractivity contribution in [2.75, 3.05) is 12.8 Å². The van der Waals surface area contributed by atoms with E-state index in [0.717, 1.165) is 10.9 Å². The Labute approximate surface area is 120 Å². The van der Waals surface area contributed by atoms with Crippen LogP contribution in [0.4, 0.5) is 5.95 Å². The zero-order valence-corrected chi connectivity index (χ0v) is 11.7. The van der Waals surface area contributed by atoms with Gasteiger partial charge in [0, 0.05) is 18.8 Å². The fourth-order valence-electron chi connectivity index (χ4n) is 2.15. The van der Waals surface area contributed by atoms with E-state index in [0.29, 0.717) is 22.1 Å². The van der Waals surface area contributed by atoms with Gasteiger partial charge in [0.15, 0.2) is 5.65 Å². The van der Waals surface area contributed by atoms with Crippen LogP contribution in [-0.4, -0.2) is 26.9 Å². The molecule has 0 amide bonds. The molecule has 102 valence electrons. The zero-order valence-electron chi connectivity index (χ0n) is 11.0. The van der Waals surface area contributed by atoms with Gasteiger partial charge in [0.2, 0.25) is 5.95 Å². The molecule has 3 aromatic rings. The molecular formula is C13H12ClN5O. The average molecular weight is 290 g/mol. The van der Waals surface area contributed by atoms with Gasteiger partial charge in [-0.3, -0.25) is 0 Å². The van der Waals surface area contributed by atoms with Crippen LogP contribution in [0.15, 0.2) is 24.4 Å². The van der Waals surface area contributed by atoms with E-state index in [9.17, 15) is 0 Å². The summed E-state index contributed by atoms with van der Waals surface area (Å²) < 4.78 is 7.02. The summed E-state index contributed by atoms with van der Waals surface area (Å²) in [6.07, 6.45) is 1.65. The molecule has 1 aromatic carbocycles. The highest BCUT2D eigenvalue weighted by molar-refractivity contribution is 6.32. The first kappa shape index (κ1) is 12.7. The van der Waals surface area contributed by atoms with Gasteiger partial charge in [-0.2, -0.15) is 10.1 Å². The number of hydrogen-bond donors (Lipinski definition) is 1. The normalized spacial score (nSPS) is 10.9. The zero-order chi connectivity index (χ0) is 14.3. The number of benzene rings is 1. The van der Waals surface area contributed by atoms with Gasteiger partial charge in [0.1, 0.15) is 11.4 Å². The molecule has 0 saturated heterocycles. The molecule has 0 atom stereocenters. The molecule has 2 heterocycles. The standard InChI is InChI=1S/C13H12ClN5O/c1-19-12-8(6-16-13(15)17-12)10(18-19)7-4-3-5-9(14)11(7)20-2/h3-6H,1-2H3,(H2,15,16,17). The molecular weight excluding hydrogens is 278 g/mol. The van der Waals surface area contributed by atoms with E-state index >= 15 is 0 Å². The fourth-order valence-corrected chi connectivity index (χ4v) is 2.40. The number of para-hydroxylation sites is 1. The molecule has 20 heavy (non-hydrogen) atoms. The van der Waals surface area contributed by atoms with Crippen molar-refractivity contribution in [2.24, 2.45) is 7.05 Å². The number of rotatable bonds is 2. The first-order valence-corrected chi connectivity index (χ1v) is 6.27. The van der Waals surface area contributed by atoms with Crippen LogP contribution in [-0.2, 0) is 7.05 Å². The Balaban J connectivity index is 2.33. The van der Waals surface area contributed by atoms with Gasteiger partial charge in [-0.05, 0) is 12.1 Å². The minimum Gasteiger partial charge on any atom is -0.494 e. The third kappa shape index (κ3) is 1.85. The molecule has 2 N–H and O–H groups in total. The number of fused-ring (bicyclic) bond motifs is 1. The minimum absolute atomic E-state index is 0.213. The fraction of sp³-hybridized carbons (Fsp3) is 0.154. The van der Waals surface area contributed by atoms with Crippen molar-refractivity contribution in [2.45, 2.75) is 0 Å². The third-order valence-electron chi connectivity index (χ3n) is 3.03. The third-order valence-corrected chi connectivity index (χ3v) is 3.32. The van der Waals surface area contributed by atoms with Gasteiger partial charge in [-0.1, -0.05) is 17.7 Å². The second kappa shape index (κ2) is 4.64. The number of hydrogen-bond acceptors (Lipinski definition) is 5. The highest BCUT2D eigenvalue weighted by atomic mass is 35.5. The number of nitrogen functional groups attached to an aromatic ring is 1. The Hall–Kier alpha value is -2.34. The van der Waals surface area contributed by atoms with Crippen LogP contribution < -0.4 is 10.5 Å². The van der Waals surface area contributed by atoms with E-state index in [4.69, 9.17) is 22.1 Å². The van der Waals surface area contributed by atoms with Crippen LogP contribution in [0.3, 0.4) is 0 Å². The monoisotopic (exact) mass is 289 g/mol. The van der Waals surface area contributed by atoms with Gasteiger partial charge in [0.25, 0.3) is 0 Å². The van der Waals surface area contributed by atoms with E-state index in [1.54, 1.807) is 31.1 Å². The second-order valence-corrected chi connectivity index (χ2v) is 4.67. The van der Waals surface area contributed by atoms with Crippen LogP contribution in [0.5, 0.6) is 5.75 Å². The molecule has 0 saturated carbocycles. The highest BCUT2D eigenvalue weighted by Gasteiger charge is 2.17. The van der Waals surface area contributed by atoms with E-state index in [1.807, 2.05) is 12.1 Å². The molecule has 7 heteroatoms. The molecule has 0 aliphatic carbocycles. The highest BCUT2D eigenvalue weighted by Crippen LogP contribution is 2.37. The molecule has 3 rings (SSSR count). The topological polar surface area (TPSA) is 78.8 Å². The van der Waals surface area contributed by atoms with Crippen LogP contribution in [0, 0.1) is 0 Å². The average Bonchev–Trinajstić information content (AvgIpc) is 2.75. The molecule has 0 radical (unpaired) electrons. The Morgan fingerprint density at radius 3 is 2.90 bits per heavy atom. The molecule has 2 aromatic heterocycles.